The first-order chi connectivity index (χ1) is 9.24. The van der Waals surface area contributed by atoms with E-state index in [4.69, 9.17) is 11.6 Å². The van der Waals surface area contributed by atoms with Crippen molar-refractivity contribution in [3.63, 3.8) is 0 Å². The minimum atomic E-state index is 0.118. The molecule has 3 rings (SSSR count). The van der Waals surface area contributed by atoms with Crippen molar-refractivity contribution < 1.29 is 4.79 Å². The van der Waals surface area contributed by atoms with E-state index < -0.39 is 0 Å². The molecule has 0 bridgehead atoms. The van der Waals surface area contributed by atoms with Gasteiger partial charge in [-0.1, -0.05) is 35.9 Å². The van der Waals surface area contributed by atoms with Gasteiger partial charge >= 0.3 is 0 Å². The van der Waals surface area contributed by atoms with E-state index in [-0.39, 0.29) is 5.78 Å². The Balaban J connectivity index is 1.86. The van der Waals surface area contributed by atoms with Gasteiger partial charge in [-0.2, -0.15) is 5.10 Å². The van der Waals surface area contributed by atoms with Crippen LogP contribution in [0.4, 0.5) is 5.69 Å². The Hall–Kier alpha value is -2.13. The number of carbonyl (C=O) groups excluding carboxylic acids is 1. The molecule has 2 aromatic carbocycles. The minimum Gasteiger partial charge on any atom is -0.294 e. The van der Waals surface area contributed by atoms with E-state index >= 15 is 0 Å². The van der Waals surface area contributed by atoms with Gasteiger partial charge in [0, 0.05) is 16.1 Å². The number of hydrogen-bond acceptors (Lipinski definition) is 3. The quantitative estimate of drug-likeness (QED) is 0.845. The lowest BCUT2D eigenvalue weighted by Gasteiger charge is -2.02. The molecule has 0 aromatic heterocycles. The molecule has 0 saturated heterocycles. The number of fused-ring (bicyclic) bond motifs is 1. The maximum Gasteiger partial charge on any atom is 0.169 e. The van der Waals surface area contributed by atoms with Crippen LogP contribution < -0.4 is 5.43 Å². The number of benzene rings is 2. The van der Waals surface area contributed by atoms with Gasteiger partial charge in [0.05, 0.1) is 17.8 Å². The first-order valence-electron chi connectivity index (χ1n) is 5.95. The van der Waals surface area contributed by atoms with E-state index in [0.29, 0.717) is 11.4 Å². The highest BCUT2D eigenvalue weighted by atomic mass is 35.5. The normalized spacial score (nSPS) is 15.6. The summed E-state index contributed by atoms with van der Waals surface area (Å²) in [5, 5.41) is 5.00. The fraction of sp³-hybridized carbons (Fsp3) is 0.0667. The van der Waals surface area contributed by atoms with Crippen molar-refractivity contribution in [2.45, 2.75) is 6.42 Å². The van der Waals surface area contributed by atoms with Crippen LogP contribution in [0.25, 0.3) is 0 Å². The molecular weight excluding hydrogens is 260 g/mol. The summed E-state index contributed by atoms with van der Waals surface area (Å²) in [6.45, 7) is 0. The highest BCUT2D eigenvalue weighted by Crippen LogP contribution is 2.22. The number of rotatable bonds is 2. The van der Waals surface area contributed by atoms with Gasteiger partial charge in [0.2, 0.25) is 0 Å². The Kier molecular flexibility index (Phi) is 3.05. The molecular formula is C15H11ClN2O. The number of nitrogens with one attached hydrogen (secondary N) is 1. The predicted molar refractivity (Wildman–Crippen MR) is 77.0 cm³/mol. The molecule has 19 heavy (non-hydrogen) atoms. The number of hydrazone groups is 1. The zero-order valence-electron chi connectivity index (χ0n) is 10.1. The molecule has 0 heterocycles. The molecule has 0 fully saturated rings. The monoisotopic (exact) mass is 270 g/mol. The van der Waals surface area contributed by atoms with E-state index in [0.717, 1.165) is 22.5 Å². The second-order valence-corrected chi connectivity index (χ2v) is 4.76. The van der Waals surface area contributed by atoms with Crippen molar-refractivity contribution in [1.82, 2.24) is 0 Å². The molecule has 0 spiro atoms. The van der Waals surface area contributed by atoms with Gasteiger partial charge in [0.1, 0.15) is 0 Å². The van der Waals surface area contributed by atoms with E-state index in [1.165, 1.54) is 0 Å². The standard InChI is InChI=1S/C15H11ClN2O/c16-10-5-7-11(8-6-10)17-18-14-9-15(19)13-4-2-1-3-12(13)14/h1-8,17H,9H2/b18-14+. The predicted octanol–water partition coefficient (Wildman–Crippen LogP) is 3.74. The van der Waals surface area contributed by atoms with Gasteiger partial charge in [-0.15, -0.1) is 0 Å². The zero-order chi connectivity index (χ0) is 13.2. The van der Waals surface area contributed by atoms with Gasteiger partial charge in [-0.25, -0.2) is 0 Å². The Morgan fingerprint density at radius 1 is 1.00 bits per heavy atom. The van der Waals surface area contributed by atoms with E-state index in [1.54, 1.807) is 12.1 Å². The van der Waals surface area contributed by atoms with Crippen molar-refractivity contribution in [2.24, 2.45) is 5.10 Å². The maximum absolute atomic E-state index is 11.8. The molecule has 0 aliphatic heterocycles. The molecule has 1 aliphatic rings. The second-order valence-electron chi connectivity index (χ2n) is 4.32. The van der Waals surface area contributed by atoms with Crippen LogP contribution in [0.5, 0.6) is 0 Å². The van der Waals surface area contributed by atoms with Crippen molar-refractivity contribution in [2.75, 3.05) is 5.43 Å². The molecule has 4 heteroatoms. The van der Waals surface area contributed by atoms with Crippen LogP contribution in [0.3, 0.4) is 0 Å². The lowest BCUT2D eigenvalue weighted by molar-refractivity contribution is 0.101. The van der Waals surface area contributed by atoms with E-state index in [2.05, 4.69) is 10.5 Å². The van der Waals surface area contributed by atoms with Crippen LogP contribution in [0.1, 0.15) is 22.3 Å². The number of Topliss-reactive ketones (excluding diaryl/α,β-unsaturated/α-hetero) is 1. The smallest absolute Gasteiger partial charge is 0.169 e. The summed E-state index contributed by atoms with van der Waals surface area (Å²) >= 11 is 5.82. The first-order valence-corrected chi connectivity index (χ1v) is 6.32. The number of nitrogens with zero attached hydrogens (tertiary/aromatic N) is 1. The average Bonchev–Trinajstić information content (AvgIpc) is 2.76. The molecule has 2 aromatic rings. The van der Waals surface area contributed by atoms with Crippen molar-refractivity contribution in [3.8, 4) is 0 Å². The SMILES string of the molecule is O=C1C/C(=N\Nc2ccc(Cl)cc2)c2ccccc21. The Morgan fingerprint density at radius 2 is 1.68 bits per heavy atom. The summed E-state index contributed by atoms with van der Waals surface area (Å²) in [6.07, 6.45) is 0.347. The van der Waals surface area contributed by atoms with Crippen molar-refractivity contribution >= 4 is 28.8 Å². The molecule has 0 radical (unpaired) electrons. The van der Waals surface area contributed by atoms with E-state index in [9.17, 15) is 4.79 Å². The largest absolute Gasteiger partial charge is 0.294 e. The van der Waals surface area contributed by atoms with Gasteiger partial charge in [-0.05, 0) is 24.3 Å². The third kappa shape index (κ3) is 2.37. The Morgan fingerprint density at radius 3 is 2.42 bits per heavy atom. The fourth-order valence-electron chi connectivity index (χ4n) is 2.08. The summed E-state index contributed by atoms with van der Waals surface area (Å²) in [4.78, 5) is 11.8. The number of ketones is 1. The highest BCUT2D eigenvalue weighted by Gasteiger charge is 2.24. The maximum atomic E-state index is 11.8. The van der Waals surface area contributed by atoms with Crippen LogP contribution in [-0.4, -0.2) is 11.5 Å². The van der Waals surface area contributed by atoms with Gasteiger partial charge in [-0.3, -0.25) is 10.2 Å². The summed E-state index contributed by atoms with van der Waals surface area (Å²) in [5.41, 5.74) is 6.23. The van der Waals surface area contributed by atoms with Gasteiger partial charge in [0.15, 0.2) is 5.78 Å². The average molecular weight is 271 g/mol. The Bertz CT molecular complexity index is 662. The van der Waals surface area contributed by atoms with Crippen LogP contribution in [0.2, 0.25) is 5.02 Å². The van der Waals surface area contributed by atoms with Crippen molar-refractivity contribution in [3.05, 3.63) is 64.7 Å². The molecule has 94 valence electrons. The summed E-state index contributed by atoms with van der Waals surface area (Å²) in [5.74, 6) is 0.118. The molecule has 1 aliphatic carbocycles. The topological polar surface area (TPSA) is 41.5 Å². The summed E-state index contributed by atoms with van der Waals surface area (Å²) < 4.78 is 0. The van der Waals surface area contributed by atoms with Crippen LogP contribution in [0, 0.1) is 0 Å². The number of hydrogen-bond donors (Lipinski definition) is 1. The number of halogens is 1. The zero-order valence-corrected chi connectivity index (χ0v) is 10.8. The molecule has 0 saturated carbocycles. The molecule has 0 amide bonds. The fourth-order valence-corrected chi connectivity index (χ4v) is 2.20. The second kappa shape index (κ2) is 4.86. The molecule has 0 atom stereocenters. The number of anilines is 1. The van der Waals surface area contributed by atoms with Crippen LogP contribution >= 0.6 is 11.6 Å². The first kappa shape index (κ1) is 11.9. The van der Waals surface area contributed by atoms with Gasteiger partial charge in [0.25, 0.3) is 0 Å². The molecule has 3 nitrogen and oxygen atoms in total. The summed E-state index contributed by atoms with van der Waals surface area (Å²) in [6, 6.07) is 14.8. The van der Waals surface area contributed by atoms with Crippen LogP contribution in [0.15, 0.2) is 53.6 Å². The highest BCUT2D eigenvalue weighted by molar-refractivity contribution is 6.30. The third-order valence-corrected chi connectivity index (χ3v) is 3.28. The third-order valence-electron chi connectivity index (χ3n) is 3.03. The molecule has 0 unspecified atom stereocenters. The molecule has 1 N–H and O–H groups in total. The number of carbonyl (C=O) groups is 1. The summed E-state index contributed by atoms with van der Waals surface area (Å²) in [7, 11) is 0. The van der Waals surface area contributed by atoms with Crippen molar-refractivity contribution in [1.29, 1.82) is 0 Å². The lowest BCUT2D eigenvalue weighted by Crippen LogP contribution is -2.00. The lowest BCUT2D eigenvalue weighted by atomic mass is 10.1. The van der Waals surface area contributed by atoms with Gasteiger partial charge < -0.3 is 0 Å². The van der Waals surface area contributed by atoms with E-state index in [1.807, 2.05) is 36.4 Å². The minimum absolute atomic E-state index is 0.118. The van der Waals surface area contributed by atoms with Crippen LogP contribution in [-0.2, 0) is 0 Å². The Labute approximate surface area is 115 Å².